The van der Waals surface area contributed by atoms with Crippen molar-refractivity contribution in [3.05, 3.63) is 23.9 Å². The second-order valence-electron chi connectivity index (χ2n) is 4.46. The van der Waals surface area contributed by atoms with Crippen LogP contribution < -0.4 is 10.6 Å². The molecule has 18 heavy (non-hydrogen) atoms. The molecule has 0 aliphatic carbocycles. The van der Waals surface area contributed by atoms with E-state index in [1.54, 1.807) is 0 Å². The summed E-state index contributed by atoms with van der Waals surface area (Å²) in [7, 11) is 0. The van der Waals surface area contributed by atoms with Crippen LogP contribution in [-0.2, 0) is 6.18 Å². The number of alkyl halides is 3. The van der Waals surface area contributed by atoms with Gasteiger partial charge in [0.15, 0.2) is 0 Å². The summed E-state index contributed by atoms with van der Waals surface area (Å²) in [6.45, 7) is 1.70. The molecule has 1 aliphatic heterocycles. The molecule has 3 nitrogen and oxygen atoms in total. The third kappa shape index (κ3) is 3.60. The number of hydrogen-bond acceptors (Lipinski definition) is 3. The van der Waals surface area contributed by atoms with Gasteiger partial charge in [0.25, 0.3) is 0 Å². The van der Waals surface area contributed by atoms with Gasteiger partial charge in [-0.15, -0.1) is 0 Å². The van der Waals surface area contributed by atoms with E-state index in [-0.39, 0.29) is 0 Å². The number of aromatic nitrogens is 1. The number of hydrogen-bond donors (Lipinski definition) is 2. The number of rotatable bonds is 3. The molecule has 2 heterocycles. The topological polar surface area (TPSA) is 37.0 Å². The van der Waals surface area contributed by atoms with Crippen molar-refractivity contribution in [2.75, 3.05) is 18.4 Å². The molecule has 0 amide bonds. The predicted molar refractivity (Wildman–Crippen MR) is 63.4 cm³/mol. The summed E-state index contributed by atoms with van der Waals surface area (Å²) in [5, 5.41) is 6.41. The van der Waals surface area contributed by atoms with Crippen LogP contribution in [0.3, 0.4) is 0 Å². The molecule has 2 rings (SSSR count). The van der Waals surface area contributed by atoms with Gasteiger partial charge in [0.1, 0.15) is 5.82 Å². The van der Waals surface area contributed by atoms with E-state index in [9.17, 15) is 13.2 Å². The minimum absolute atomic E-state index is 0.378. The number of pyridine rings is 1. The fourth-order valence-corrected chi connectivity index (χ4v) is 1.99. The minimum Gasteiger partial charge on any atom is -0.369 e. The van der Waals surface area contributed by atoms with Crippen molar-refractivity contribution in [3.63, 3.8) is 0 Å². The highest BCUT2D eigenvalue weighted by Crippen LogP contribution is 2.28. The number of piperidine rings is 1. The van der Waals surface area contributed by atoms with Crippen molar-refractivity contribution in [2.45, 2.75) is 31.5 Å². The van der Waals surface area contributed by atoms with E-state index < -0.39 is 11.7 Å². The van der Waals surface area contributed by atoms with E-state index in [0.717, 1.165) is 25.2 Å². The lowest BCUT2D eigenvalue weighted by Crippen LogP contribution is -2.39. The van der Waals surface area contributed by atoms with Crippen LogP contribution in [0.4, 0.5) is 19.0 Å². The lowest BCUT2D eigenvalue weighted by Gasteiger charge is -2.23. The average molecular weight is 259 g/mol. The van der Waals surface area contributed by atoms with Crippen LogP contribution in [0.2, 0.25) is 0 Å². The summed E-state index contributed by atoms with van der Waals surface area (Å²) >= 11 is 0. The fourth-order valence-electron chi connectivity index (χ4n) is 1.99. The molecule has 0 saturated carbocycles. The van der Waals surface area contributed by atoms with Gasteiger partial charge in [-0.1, -0.05) is 6.42 Å². The lowest BCUT2D eigenvalue weighted by atomic mass is 10.1. The van der Waals surface area contributed by atoms with Gasteiger partial charge in [-0.25, -0.2) is 4.98 Å². The summed E-state index contributed by atoms with van der Waals surface area (Å²) in [6, 6.07) is 2.79. The van der Waals surface area contributed by atoms with Crippen LogP contribution in [0, 0.1) is 0 Å². The first-order chi connectivity index (χ1) is 8.55. The molecule has 0 aromatic carbocycles. The molecule has 1 aliphatic rings. The normalized spacial score (nSPS) is 20.7. The van der Waals surface area contributed by atoms with Gasteiger partial charge >= 0.3 is 6.18 Å². The molecule has 6 heteroatoms. The smallest absolute Gasteiger partial charge is 0.369 e. The van der Waals surface area contributed by atoms with Crippen molar-refractivity contribution < 1.29 is 13.2 Å². The Hall–Kier alpha value is -1.30. The first kappa shape index (κ1) is 13.1. The van der Waals surface area contributed by atoms with Crippen molar-refractivity contribution in [3.8, 4) is 0 Å². The number of anilines is 1. The Kier molecular flexibility index (Phi) is 4.06. The van der Waals surface area contributed by atoms with Gasteiger partial charge in [-0.2, -0.15) is 13.2 Å². The third-order valence-corrected chi connectivity index (χ3v) is 3.03. The first-order valence-electron chi connectivity index (χ1n) is 6.06. The van der Waals surface area contributed by atoms with Crippen molar-refractivity contribution in [1.82, 2.24) is 10.3 Å². The van der Waals surface area contributed by atoms with Crippen LogP contribution >= 0.6 is 0 Å². The van der Waals surface area contributed by atoms with E-state index in [2.05, 4.69) is 15.6 Å². The van der Waals surface area contributed by atoms with Crippen LogP contribution in [-0.4, -0.2) is 24.1 Å². The minimum atomic E-state index is -4.32. The van der Waals surface area contributed by atoms with Crippen molar-refractivity contribution >= 4 is 5.82 Å². The number of nitrogens with one attached hydrogen (secondary N) is 2. The van der Waals surface area contributed by atoms with Gasteiger partial charge in [0, 0.05) is 18.8 Å². The molecule has 0 spiro atoms. The fraction of sp³-hybridized carbons (Fsp3) is 0.583. The third-order valence-electron chi connectivity index (χ3n) is 3.03. The zero-order valence-corrected chi connectivity index (χ0v) is 9.93. The Morgan fingerprint density at radius 1 is 1.33 bits per heavy atom. The Labute approximate surface area is 104 Å². The van der Waals surface area contributed by atoms with E-state index in [4.69, 9.17) is 0 Å². The summed E-state index contributed by atoms with van der Waals surface area (Å²) in [6.07, 6.45) is 0.00946. The number of nitrogens with zero attached hydrogens (tertiary/aromatic N) is 1. The van der Waals surface area contributed by atoms with Crippen LogP contribution in [0.15, 0.2) is 18.3 Å². The molecule has 1 aromatic rings. The molecule has 2 N–H and O–H groups in total. The van der Waals surface area contributed by atoms with Crippen LogP contribution in [0.5, 0.6) is 0 Å². The molecule has 0 radical (unpaired) electrons. The Balaban J connectivity index is 1.86. The van der Waals surface area contributed by atoms with Crippen LogP contribution in [0.25, 0.3) is 0 Å². The largest absolute Gasteiger partial charge is 0.417 e. The van der Waals surface area contributed by atoms with Gasteiger partial charge in [0.05, 0.1) is 5.56 Å². The maximum Gasteiger partial charge on any atom is 0.417 e. The van der Waals surface area contributed by atoms with E-state index >= 15 is 0 Å². The van der Waals surface area contributed by atoms with E-state index in [1.165, 1.54) is 18.9 Å². The molecular weight excluding hydrogens is 243 g/mol. The lowest BCUT2D eigenvalue weighted by molar-refractivity contribution is -0.137. The maximum atomic E-state index is 12.3. The van der Waals surface area contributed by atoms with Gasteiger partial charge in [-0.3, -0.25) is 0 Å². The second-order valence-corrected chi connectivity index (χ2v) is 4.46. The molecule has 100 valence electrons. The molecule has 1 saturated heterocycles. The van der Waals surface area contributed by atoms with Crippen molar-refractivity contribution in [2.24, 2.45) is 0 Å². The second kappa shape index (κ2) is 5.56. The van der Waals surface area contributed by atoms with Crippen molar-refractivity contribution in [1.29, 1.82) is 0 Å². The average Bonchev–Trinajstić information content (AvgIpc) is 2.37. The molecule has 1 atom stereocenters. The first-order valence-corrected chi connectivity index (χ1v) is 6.06. The summed E-state index contributed by atoms with van der Waals surface area (Å²) in [5.41, 5.74) is -0.719. The molecule has 1 fully saturated rings. The summed E-state index contributed by atoms with van der Waals surface area (Å²) in [5.74, 6) is 0.482. The summed E-state index contributed by atoms with van der Waals surface area (Å²) < 4.78 is 37.0. The highest BCUT2D eigenvalue weighted by molar-refractivity contribution is 5.36. The zero-order chi connectivity index (χ0) is 13.0. The monoisotopic (exact) mass is 259 g/mol. The molecule has 1 unspecified atom stereocenters. The number of halogens is 3. The molecule has 1 aromatic heterocycles. The van der Waals surface area contributed by atoms with E-state index in [1.807, 2.05) is 0 Å². The van der Waals surface area contributed by atoms with E-state index in [0.29, 0.717) is 18.4 Å². The highest BCUT2D eigenvalue weighted by atomic mass is 19.4. The Morgan fingerprint density at radius 3 is 2.72 bits per heavy atom. The van der Waals surface area contributed by atoms with Crippen LogP contribution in [0.1, 0.15) is 24.8 Å². The predicted octanol–water partition coefficient (Wildman–Crippen LogP) is 2.65. The Morgan fingerprint density at radius 2 is 2.17 bits per heavy atom. The quantitative estimate of drug-likeness (QED) is 0.876. The summed E-state index contributed by atoms with van der Waals surface area (Å²) in [4.78, 5) is 3.77. The van der Waals surface area contributed by atoms with Gasteiger partial charge < -0.3 is 10.6 Å². The SMILES string of the molecule is FC(F)(F)c1ccc(NCC2CCCCN2)nc1. The maximum absolute atomic E-state index is 12.3. The standard InChI is InChI=1S/C12H16F3N3/c13-12(14,15)9-4-5-11(17-7-9)18-8-10-3-1-2-6-16-10/h4-5,7,10,16H,1-3,6,8H2,(H,17,18). The van der Waals surface area contributed by atoms with Gasteiger partial charge in [-0.05, 0) is 31.5 Å². The Bertz CT molecular complexity index is 369. The molecule has 0 bridgehead atoms. The van der Waals surface area contributed by atoms with Gasteiger partial charge in [0.2, 0.25) is 0 Å². The highest BCUT2D eigenvalue weighted by Gasteiger charge is 2.30. The zero-order valence-electron chi connectivity index (χ0n) is 9.93. The molecular formula is C12H16F3N3.